The fourth-order valence-electron chi connectivity index (χ4n) is 1.83. The predicted molar refractivity (Wildman–Crippen MR) is 46.5 cm³/mol. The van der Waals surface area contributed by atoms with E-state index in [1.807, 2.05) is 0 Å². The molecule has 0 aromatic rings. The standard InChI is InChI=1S/C9H15N2O/c1-10-4-6-11(7-5-10)9(8-12)2-3-9/h8H,1-7H2. The Morgan fingerprint density at radius 3 is 2.17 bits per heavy atom. The fraction of sp³-hybridized carbons (Fsp3) is 0.778. The summed E-state index contributed by atoms with van der Waals surface area (Å²) in [4.78, 5) is 15.2. The van der Waals surface area contributed by atoms with E-state index < -0.39 is 0 Å². The lowest BCUT2D eigenvalue weighted by atomic mass is 10.2. The van der Waals surface area contributed by atoms with E-state index in [4.69, 9.17) is 0 Å². The summed E-state index contributed by atoms with van der Waals surface area (Å²) < 4.78 is 0. The molecule has 0 bridgehead atoms. The van der Waals surface area contributed by atoms with Gasteiger partial charge in [0.15, 0.2) is 0 Å². The molecule has 0 unspecified atom stereocenters. The highest BCUT2D eigenvalue weighted by molar-refractivity contribution is 5.68. The maximum atomic E-state index is 10.8. The lowest BCUT2D eigenvalue weighted by Gasteiger charge is -2.35. The first kappa shape index (κ1) is 8.20. The molecule has 1 heterocycles. The number of hydrogen-bond donors (Lipinski definition) is 0. The van der Waals surface area contributed by atoms with Crippen LogP contribution in [-0.2, 0) is 4.79 Å². The molecule has 0 aromatic heterocycles. The molecule has 1 radical (unpaired) electrons. The van der Waals surface area contributed by atoms with Gasteiger partial charge in [0.25, 0.3) is 0 Å². The minimum atomic E-state index is -0.0543. The second-order valence-electron chi connectivity index (χ2n) is 3.83. The Balaban J connectivity index is 1.93. The molecule has 0 spiro atoms. The largest absolute Gasteiger partial charge is 0.301 e. The average molecular weight is 167 g/mol. The Morgan fingerprint density at radius 2 is 1.75 bits per heavy atom. The molecule has 67 valence electrons. The number of rotatable bonds is 2. The molecular formula is C9H15N2O. The number of aldehydes is 1. The summed E-state index contributed by atoms with van der Waals surface area (Å²) in [5.41, 5.74) is -0.0543. The van der Waals surface area contributed by atoms with Crippen LogP contribution in [0.1, 0.15) is 12.8 Å². The second-order valence-corrected chi connectivity index (χ2v) is 3.83. The van der Waals surface area contributed by atoms with Crippen molar-refractivity contribution < 1.29 is 4.79 Å². The zero-order valence-corrected chi connectivity index (χ0v) is 7.33. The van der Waals surface area contributed by atoms with Gasteiger partial charge in [0, 0.05) is 33.2 Å². The van der Waals surface area contributed by atoms with Crippen LogP contribution in [0, 0.1) is 7.05 Å². The smallest absolute Gasteiger partial charge is 0.140 e. The third kappa shape index (κ3) is 1.27. The molecule has 0 aromatic carbocycles. The second kappa shape index (κ2) is 2.82. The number of carbonyl (C=O) groups is 1. The monoisotopic (exact) mass is 167 g/mol. The molecule has 3 heteroatoms. The summed E-state index contributed by atoms with van der Waals surface area (Å²) in [5, 5.41) is 0. The molecule has 2 rings (SSSR count). The van der Waals surface area contributed by atoms with E-state index in [2.05, 4.69) is 16.8 Å². The Bertz CT molecular complexity index is 181. The Kier molecular flexibility index (Phi) is 1.93. The van der Waals surface area contributed by atoms with Gasteiger partial charge in [-0.3, -0.25) is 9.80 Å². The van der Waals surface area contributed by atoms with E-state index in [0.29, 0.717) is 0 Å². The molecule has 1 aliphatic carbocycles. The van der Waals surface area contributed by atoms with Gasteiger partial charge in [0.05, 0.1) is 5.54 Å². The van der Waals surface area contributed by atoms with Crippen molar-refractivity contribution >= 4 is 6.29 Å². The van der Waals surface area contributed by atoms with E-state index in [1.165, 1.54) is 0 Å². The highest BCUT2D eigenvalue weighted by Crippen LogP contribution is 2.39. The van der Waals surface area contributed by atoms with Crippen molar-refractivity contribution in [2.45, 2.75) is 18.4 Å². The topological polar surface area (TPSA) is 23.6 Å². The SMILES string of the molecule is [CH2]N1CCN(C2(C=O)CC2)CC1. The third-order valence-corrected chi connectivity index (χ3v) is 2.98. The van der Waals surface area contributed by atoms with Crippen molar-refractivity contribution in [3.63, 3.8) is 0 Å². The molecule has 1 aliphatic heterocycles. The van der Waals surface area contributed by atoms with Gasteiger partial charge in [0.1, 0.15) is 6.29 Å². The molecule has 12 heavy (non-hydrogen) atoms. The molecule has 0 amide bonds. The summed E-state index contributed by atoms with van der Waals surface area (Å²) >= 11 is 0. The molecule has 3 nitrogen and oxygen atoms in total. The molecule has 0 atom stereocenters. The van der Waals surface area contributed by atoms with Gasteiger partial charge >= 0.3 is 0 Å². The van der Waals surface area contributed by atoms with Crippen molar-refractivity contribution in [1.29, 1.82) is 0 Å². The average Bonchev–Trinajstić information content (AvgIpc) is 2.86. The number of nitrogens with zero attached hydrogens (tertiary/aromatic N) is 2. The van der Waals surface area contributed by atoms with Gasteiger partial charge in [-0.1, -0.05) is 0 Å². The van der Waals surface area contributed by atoms with Gasteiger partial charge in [-0.15, -0.1) is 0 Å². The van der Waals surface area contributed by atoms with Crippen LogP contribution in [0.2, 0.25) is 0 Å². The molecule has 1 saturated heterocycles. The van der Waals surface area contributed by atoms with Crippen LogP contribution in [0.5, 0.6) is 0 Å². The lowest BCUT2D eigenvalue weighted by molar-refractivity contribution is -0.114. The van der Waals surface area contributed by atoms with Crippen LogP contribution in [-0.4, -0.2) is 47.8 Å². The molecule has 0 N–H and O–H groups in total. The molecular weight excluding hydrogens is 152 g/mol. The zero-order chi connectivity index (χ0) is 8.60. The van der Waals surface area contributed by atoms with Crippen molar-refractivity contribution in [2.75, 3.05) is 26.2 Å². The summed E-state index contributed by atoms with van der Waals surface area (Å²) in [6.45, 7) is 4.00. The van der Waals surface area contributed by atoms with Crippen LogP contribution >= 0.6 is 0 Å². The maximum Gasteiger partial charge on any atom is 0.140 e. The van der Waals surface area contributed by atoms with Gasteiger partial charge in [-0.2, -0.15) is 0 Å². The summed E-state index contributed by atoms with van der Waals surface area (Å²) in [6.07, 6.45) is 3.26. The van der Waals surface area contributed by atoms with Crippen LogP contribution in [0.25, 0.3) is 0 Å². The van der Waals surface area contributed by atoms with Gasteiger partial charge in [-0.05, 0) is 12.8 Å². The lowest BCUT2D eigenvalue weighted by Crippen LogP contribution is -2.50. The molecule has 2 fully saturated rings. The van der Waals surface area contributed by atoms with Gasteiger partial charge < -0.3 is 4.79 Å². The highest BCUT2D eigenvalue weighted by Gasteiger charge is 2.48. The minimum Gasteiger partial charge on any atom is -0.301 e. The van der Waals surface area contributed by atoms with E-state index in [-0.39, 0.29) is 5.54 Å². The quantitative estimate of drug-likeness (QED) is 0.546. The summed E-state index contributed by atoms with van der Waals surface area (Å²) in [5.74, 6) is 0. The maximum absolute atomic E-state index is 10.8. The number of hydrogen-bond acceptors (Lipinski definition) is 3. The van der Waals surface area contributed by atoms with Crippen molar-refractivity contribution in [3.05, 3.63) is 7.05 Å². The predicted octanol–water partition coefficient (Wildman–Crippen LogP) is 0.127. The van der Waals surface area contributed by atoms with Crippen molar-refractivity contribution in [2.24, 2.45) is 0 Å². The van der Waals surface area contributed by atoms with Crippen molar-refractivity contribution in [1.82, 2.24) is 9.80 Å². The van der Waals surface area contributed by atoms with E-state index in [0.717, 1.165) is 45.3 Å². The normalized spacial score (nSPS) is 30.1. The Hall–Kier alpha value is -0.410. The highest BCUT2D eigenvalue weighted by atomic mass is 16.1. The van der Waals surface area contributed by atoms with Crippen LogP contribution in [0.3, 0.4) is 0 Å². The van der Waals surface area contributed by atoms with Gasteiger partial charge in [0.2, 0.25) is 0 Å². The first-order valence-corrected chi connectivity index (χ1v) is 4.54. The zero-order valence-electron chi connectivity index (χ0n) is 7.33. The van der Waals surface area contributed by atoms with E-state index in [9.17, 15) is 4.79 Å². The first-order chi connectivity index (χ1) is 5.77. The summed E-state index contributed by atoms with van der Waals surface area (Å²) in [6, 6.07) is 0. The first-order valence-electron chi connectivity index (χ1n) is 4.54. The Labute approximate surface area is 73.3 Å². The minimum absolute atomic E-state index is 0.0543. The van der Waals surface area contributed by atoms with E-state index in [1.54, 1.807) is 0 Å². The molecule has 1 saturated carbocycles. The Morgan fingerprint density at radius 1 is 1.17 bits per heavy atom. The van der Waals surface area contributed by atoms with Crippen LogP contribution in [0.4, 0.5) is 0 Å². The number of piperazine rings is 1. The van der Waals surface area contributed by atoms with Crippen LogP contribution < -0.4 is 0 Å². The van der Waals surface area contributed by atoms with Gasteiger partial charge in [-0.25, -0.2) is 0 Å². The van der Waals surface area contributed by atoms with E-state index >= 15 is 0 Å². The van der Waals surface area contributed by atoms with Crippen molar-refractivity contribution in [3.8, 4) is 0 Å². The van der Waals surface area contributed by atoms with Crippen LogP contribution in [0.15, 0.2) is 0 Å². The molecule has 2 aliphatic rings. The fourth-order valence-corrected chi connectivity index (χ4v) is 1.83. The number of carbonyl (C=O) groups excluding carboxylic acids is 1. The summed E-state index contributed by atoms with van der Waals surface area (Å²) in [7, 11) is 3.88. The third-order valence-electron chi connectivity index (χ3n) is 2.98.